The number of fused-ring (bicyclic) bond motifs is 1. The zero-order chi connectivity index (χ0) is 20.8. The molecule has 1 aromatic carbocycles. The van der Waals surface area contributed by atoms with Gasteiger partial charge in [0.25, 0.3) is 0 Å². The number of esters is 1. The second kappa shape index (κ2) is 7.07. The minimum absolute atomic E-state index is 0.209. The van der Waals surface area contributed by atoms with Gasteiger partial charge in [-0.3, -0.25) is 9.78 Å². The van der Waals surface area contributed by atoms with E-state index in [2.05, 4.69) is 9.97 Å². The number of thiazole rings is 1. The van der Waals surface area contributed by atoms with E-state index in [1.54, 1.807) is 6.20 Å². The third kappa shape index (κ3) is 3.49. The Balaban J connectivity index is 1.67. The first-order valence-electron chi connectivity index (χ1n) is 9.65. The summed E-state index contributed by atoms with van der Waals surface area (Å²) in [4.78, 5) is 22.1. The zero-order valence-corrected chi connectivity index (χ0v) is 17.6. The van der Waals surface area contributed by atoms with Crippen LogP contribution in [0.25, 0.3) is 21.3 Å². The molecule has 0 bridgehead atoms. The van der Waals surface area contributed by atoms with Crippen LogP contribution in [-0.4, -0.2) is 28.2 Å². The molecule has 0 saturated heterocycles. The average Bonchev–Trinajstić information content (AvgIpc) is 3.17. The normalized spacial score (nSPS) is 23.8. The van der Waals surface area contributed by atoms with Crippen molar-refractivity contribution in [2.75, 3.05) is 12.8 Å². The van der Waals surface area contributed by atoms with Gasteiger partial charge in [0.15, 0.2) is 0 Å². The van der Waals surface area contributed by atoms with Crippen LogP contribution < -0.4 is 5.73 Å². The van der Waals surface area contributed by atoms with Gasteiger partial charge in [-0.1, -0.05) is 19.9 Å². The highest BCUT2D eigenvalue weighted by atomic mass is 32.1. The number of aromatic nitrogens is 2. The maximum atomic E-state index is 12.1. The predicted molar refractivity (Wildman–Crippen MR) is 114 cm³/mol. The molecule has 2 aromatic heterocycles. The van der Waals surface area contributed by atoms with E-state index in [1.807, 2.05) is 44.3 Å². The molecule has 4 rings (SSSR count). The van der Waals surface area contributed by atoms with E-state index in [4.69, 9.17) is 10.5 Å². The van der Waals surface area contributed by atoms with Crippen LogP contribution in [0, 0.1) is 11.3 Å². The Labute approximate surface area is 173 Å². The van der Waals surface area contributed by atoms with Crippen LogP contribution in [0.15, 0.2) is 36.7 Å². The van der Waals surface area contributed by atoms with Crippen LogP contribution in [-0.2, 0) is 15.1 Å². The number of nitrogen functional groups attached to an aromatic ring is 1. The molecule has 0 spiro atoms. The summed E-state index contributed by atoms with van der Waals surface area (Å²) >= 11 is 1.49. The highest BCUT2D eigenvalue weighted by Crippen LogP contribution is 2.51. The van der Waals surface area contributed by atoms with Crippen molar-refractivity contribution in [1.29, 1.82) is 0 Å². The van der Waals surface area contributed by atoms with Gasteiger partial charge in [-0.15, -0.1) is 11.3 Å². The predicted octanol–water partition coefficient (Wildman–Crippen LogP) is 4.13. The molecule has 1 aliphatic rings. The lowest BCUT2D eigenvalue weighted by atomic mass is 9.63. The molecule has 6 nitrogen and oxygen atoms in total. The Morgan fingerprint density at radius 1 is 1.31 bits per heavy atom. The lowest BCUT2D eigenvalue weighted by molar-refractivity contribution is -0.157. The first kappa shape index (κ1) is 19.8. The summed E-state index contributed by atoms with van der Waals surface area (Å²) in [5.74, 6) is -0.429. The number of ether oxygens (including phenoxy) is 1. The molecule has 1 saturated carbocycles. The molecule has 7 heteroatoms. The lowest BCUT2D eigenvalue weighted by Gasteiger charge is -2.44. The van der Waals surface area contributed by atoms with Crippen molar-refractivity contribution in [3.63, 3.8) is 0 Å². The number of pyridine rings is 1. The smallest absolute Gasteiger partial charge is 0.309 e. The van der Waals surface area contributed by atoms with Crippen molar-refractivity contribution < 1.29 is 14.6 Å². The van der Waals surface area contributed by atoms with Crippen LogP contribution in [0.5, 0.6) is 0 Å². The number of nitrogens with zero attached hydrogens (tertiary/aromatic N) is 2. The third-order valence-electron chi connectivity index (χ3n) is 5.96. The number of carbonyl (C=O) groups excluding carboxylic acids is 1. The Bertz CT molecular complexity index is 1080. The topological polar surface area (TPSA) is 98.3 Å². The highest BCUT2D eigenvalue weighted by Gasteiger charge is 2.49. The molecular weight excluding hydrogens is 386 g/mol. The second-order valence-corrected chi connectivity index (χ2v) is 9.51. The summed E-state index contributed by atoms with van der Waals surface area (Å²) in [6.07, 6.45) is 5.08. The molecule has 152 valence electrons. The van der Waals surface area contributed by atoms with Crippen molar-refractivity contribution in [3.05, 3.63) is 41.7 Å². The fourth-order valence-electron chi connectivity index (χ4n) is 4.49. The number of methoxy groups -OCH3 is 1. The number of benzene rings is 1. The SMILES string of the molecule is COC(=O)[C@H]1CC[C@](O)(c2ncc(-c3ccnc4cc(N)ccc34)s2)CC1(C)C. The van der Waals surface area contributed by atoms with E-state index in [-0.39, 0.29) is 17.3 Å². The van der Waals surface area contributed by atoms with Crippen LogP contribution >= 0.6 is 11.3 Å². The molecule has 0 radical (unpaired) electrons. The molecule has 3 aromatic rings. The van der Waals surface area contributed by atoms with Gasteiger partial charge in [0.05, 0.1) is 23.4 Å². The zero-order valence-electron chi connectivity index (χ0n) is 16.8. The van der Waals surface area contributed by atoms with E-state index in [1.165, 1.54) is 18.4 Å². The fraction of sp³-hybridized carbons (Fsp3) is 0.409. The number of hydrogen-bond donors (Lipinski definition) is 2. The van der Waals surface area contributed by atoms with E-state index < -0.39 is 5.60 Å². The number of nitrogens with two attached hydrogens (primary N) is 1. The summed E-state index contributed by atoms with van der Waals surface area (Å²) in [5.41, 5.74) is 6.97. The van der Waals surface area contributed by atoms with Gasteiger partial charge in [-0.2, -0.15) is 0 Å². The molecule has 1 aliphatic carbocycles. The number of hydrogen-bond acceptors (Lipinski definition) is 7. The monoisotopic (exact) mass is 411 g/mol. The van der Waals surface area contributed by atoms with Gasteiger partial charge in [0, 0.05) is 29.0 Å². The summed E-state index contributed by atoms with van der Waals surface area (Å²) in [7, 11) is 1.42. The van der Waals surface area contributed by atoms with Gasteiger partial charge in [0.1, 0.15) is 10.6 Å². The molecule has 0 amide bonds. The fourth-order valence-corrected chi connectivity index (χ4v) is 5.57. The summed E-state index contributed by atoms with van der Waals surface area (Å²) < 4.78 is 4.96. The quantitative estimate of drug-likeness (QED) is 0.497. The van der Waals surface area contributed by atoms with E-state index >= 15 is 0 Å². The van der Waals surface area contributed by atoms with Crippen LogP contribution in [0.2, 0.25) is 0 Å². The molecule has 0 aliphatic heterocycles. The maximum absolute atomic E-state index is 12.1. The van der Waals surface area contributed by atoms with E-state index in [9.17, 15) is 9.90 Å². The number of carbonyl (C=O) groups is 1. The largest absolute Gasteiger partial charge is 0.469 e. The van der Waals surface area contributed by atoms with E-state index in [0.717, 1.165) is 21.3 Å². The average molecular weight is 412 g/mol. The Morgan fingerprint density at radius 3 is 2.83 bits per heavy atom. The van der Waals surface area contributed by atoms with E-state index in [0.29, 0.717) is 30.0 Å². The summed E-state index contributed by atoms with van der Waals surface area (Å²) in [6.45, 7) is 4.02. The standard InChI is InChI=1S/C22H25N3O3S/c1-21(2)12-22(27,8-6-16(21)19(26)28-3)20-25-11-18(29-20)15-7-9-24-17-10-13(23)4-5-14(15)17/h4-5,7,9-11,16,27H,6,8,12,23H2,1-3H3/t16-,22-/m1/s1. The highest BCUT2D eigenvalue weighted by molar-refractivity contribution is 7.15. The minimum Gasteiger partial charge on any atom is -0.469 e. The van der Waals surface area contributed by atoms with Crippen molar-refractivity contribution in [1.82, 2.24) is 9.97 Å². The van der Waals surface area contributed by atoms with Crippen LogP contribution in [0.3, 0.4) is 0 Å². The first-order chi connectivity index (χ1) is 13.7. The Kier molecular flexibility index (Phi) is 4.83. The number of aliphatic hydroxyl groups is 1. The van der Waals surface area contributed by atoms with Gasteiger partial charge >= 0.3 is 5.97 Å². The maximum Gasteiger partial charge on any atom is 0.309 e. The van der Waals surface area contributed by atoms with Crippen LogP contribution in [0.1, 0.15) is 38.1 Å². The number of rotatable bonds is 3. The minimum atomic E-state index is -1.05. The van der Waals surface area contributed by atoms with Crippen molar-refractivity contribution >= 4 is 33.9 Å². The summed E-state index contributed by atoms with van der Waals surface area (Å²) in [5, 5.41) is 13.1. The summed E-state index contributed by atoms with van der Waals surface area (Å²) in [6, 6.07) is 7.63. The Hall–Kier alpha value is -2.51. The van der Waals surface area contributed by atoms with Crippen molar-refractivity contribution in [3.8, 4) is 10.4 Å². The second-order valence-electron chi connectivity index (χ2n) is 8.48. The lowest BCUT2D eigenvalue weighted by Crippen LogP contribution is -2.45. The van der Waals surface area contributed by atoms with Gasteiger partial charge in [0.2, 0.25) is 0 Å². The molecule has 3 N–H and O–H groups in total. The number of anilines is 1. The van der Waals surface area contributed by atoms with Crippen molar-refractivity contribution in [2.24, 2.45) is 11.3 Å². The molecule has 2 atom stereocenters. The molecule has 2 heterocycles. The third-order valence-corrected chi connectivity index (χ3v) is 7.18. The van der Waals surface area contributed by atoms with Crippen molar-refractivity contribution in [2.45, 2.75) is 38.7 Å². The molecule has 0 unspecified atom stereocenters. The Morgan fingerprint density at radius 2 is 2.10 bits per heavy atom. The van der Waals surface area contributed by atoms with Gasteiger partial charge < -0.3 is 15.6 Å². The molecule has 1 fully saturated rings. The van der Waals surface area contributed by atoms with Gasteiger partial charge in [-0.05, 0) is 42.9 Å². The van der Waals surface area contributed by atoms with Crippen LogP contribution in [0.4, 0.5) is 5.69 Å². The molecule has 29 heavy (non-hydrogen) atoms. The van der Waals surface area contributed by atoms with Gasteiger partial charge in [-0.25, -0.2) is 4.98 Å². The molecular formula is C22H25N3O3S. The first-order valence-corrected chi connectivity index (χ1v) is 10.5.